The van der Waals surface area contributed by atoms with E-state index in [4.69, 9.17) is 5.73 Å². The van der Waals surface area contributed by atoms with Gasteiger partial charge in [-0.05, 0) is 19.8 Å². The summed E-state index contributed by atoms with van der Waals surface area (Å²) < 4.78 is 0. The van der Waals surface area contributed by atoms with E-state index in [-0.39, 0.29) is 5.91 Å². The van der Waals surface area contributed by atoms with Crippen LogP contribution in [0.3, 0.4) is 0 Å². The average molecular weight is 250 g/mol. The highest BCUT2D eigenvalue weighted by Gasteiger charge is 2.37. The lowest BCUT2D eigenvalue weighted by molar-refractivity contribution is -0.125. The van der Waals surface area contributed by atoms with Crippen molar-refractivity contribution >= 4 is 11.7 Å². The maximum absolute atomic E-state index is 12.4. The first-order valence-electron chi connectivity index (χ1n) is 6.70. The van der Waals surface area contributed by atoms with Gasteiger partial charge in [-0.2, -0.15) is 5.10 Å². The molecule has 2 rings (SSSR count). The van der Waals surface area contributed by atoms with Crippen LogP contribution in [0.2, 0.25) is 0 Å². The highest BCUT2D eigenvalue weighted by molar-refractivity contribution is 5.94. The van der Waals surface area contributed by atoms with E-state index in [0.29, 0.717) is 12.4 Å². The van der Waals surface area contributed by atoms with Gasteiger partial charge in [0.2, 0.25) is 5.91 Å². The van der Waals surface area contributed by atoms with Crippen LogP contribution in [0.15, 0.2) is 6.07 Å². The number of rotatable bonds is 3. The minimum atomic E-state index is -0.399. The van der Waals surface area contributed by atoms with Gasteiger partial charge in [0.1, 0.15) is 0 Å². The molecule has 1 amide bonds. The van der Waals surface area contributed by atoms with Crippen LogP contribution in [-0.4, -0.2) is 22.6 Å². The van der Waals surface area contributed by atoms with Crippen LogP contribution in [0.5, 0.6) is 0 Å². The Morgan fingerprint density at radius 1 is 1.44 bits per heavy atom. The zero-order chi connectivity index (χ0) is 13.0. The fourth-order valence-electron chi connectivity index (χ4n) is 2.66. The van der Waals surface area contributed by atoms with E-state index in [1.807, 2.05) is 13.0 Å². The Labute approximate surface area is 108 Å². The molecule has 0 unspecified atom stereocenters. The third kappa shape index (κ3) is 2.72. The molecule has 1 heterocycles. The highest BCUT2D eigenvalue weighted by Crippen LogP contribution is 2.35. The largest absolute Gasteiger partial charge is 0.329 e. The summed E-state index contributed by atoms with van der Waals surface area (Å²) >= 11 is 0. The van der Waals surface area contributed by atoms with E-state index in [2.05, 4.69) is 15.5 Å². The Bertz CT molecular complexity index is 405. The summed E-state index contributed by atoms with van der Waals surface area (Å²) in [4.78, 5) is 12.4. The number of H-pyrrole nitrogens is 1. The lowest BCUT2D eigenvalue weighted by Gasteiger charge is -2.29. The second kappa shape index (κ2) is 5.52. The third-order valence-electron chi connectivity index (χ3n) is 3.88. The molecule has 0 spiro atoms. The molecule has 4 N–H and O–H groups in total. The van der Waals surface area contributed by atoms with Crippen LogP contribution in [0, 0.1) is 12.3 Å². The van der Waals surface area contributed by atoms with Crippen molar-refractivity contribution in [1.82, 2.24) is 10.2 Å². The molecule has 1 fully saturated rings. The molecule has 0 atom stereocenters. The molecule has 0 saturated heterocycles. The van der Waals surface area contributed by atoms with Gasteiger partial charge < -0.3 is 11.1 Å². The minimum absolute atomic E-state index is 0.0263. The van der Waals surface area contributed by atoms with E-state index < -0.39 is 5.41 Å². The smallest absolute Gasteiger partial charge is 0.233 e. The first-order valence-corrected chi connectivity index (χ1v) is 6.70. The molecule has 0 aliphatic heterocycles. The predicted octanol–water partition coefficient (Wildman–Crippen LogP) is 1.96. The van der Waals surface area contributed by atoms with Crippen LogP contribution in [-0.2, 0) is 4.79 Å². The third-order valence-corrected chi connectivity index (χ3v) is 3.88. The van der Waals surface area contributed by atoms with Gasteiger partial charge in [0.15, 0.2) is 5.82 Å². The molecule has 1 aliphatic rings. The molecular weight excluding hydrogens is 228 g/mol. The Balaban J connectivity index is 2.08. The summed E-state index contributed by atoms with van der Waals surface area (Å²) in [6.45, 7) is 2.33. The molecule has 1 aliphatic carbocycles. The van der Waals surface area contributed by atoms with Crippen molar-refractivity contribution < 1.29 is 4.79 Å². The van der Waals surface area contributed by atoms with E-state index in [1.165, 1.54) is 12.8 Å². The van der Waals surface area contributed by atoms with Gasteiger partial charge in [-0.1, -0.05) is 25.7 Å². The molecule has 18 heavy (non-hydrogen) atoms. The van der Waals surface area contributed by atoms with Crippen LogP contribution in [0.25, 0.3) is 0 Å². The molecule has 5 heteroatoms. The molecule has 1 saturated carbocycles. The summed E-state index contributed by atoms with van der Waals surface area (Å²) in [6.07, 6.45) is 6.36. The van der Waals surface area contributed by atoms with Crippen LogP contribution >= 0.6 is 0 Å². The maximum atomic E-state index is 12.4. The Kier molecular flexibility index (Phi) is 4.01. The van der Waals surface area contributed by atoms with E-state index in [0.717, 1.165) is 31.4 Å². The van der Waals surface area contributed by atoms with Gasteiger partial charge in [-0.3, -0.25) is 9.89 Å². The van der Waals surface area contributed by atoms with Gasteiger partial charge in [0.05, 0.1) is 5.41 Å². The minimum Gasteiger partial charge on any atom is -0.329 e. The number of aryl methyl sites for hydroxylation is 1. The summed E-state index contributed by atoms with van der Waals surface area (Å²) in [5, 5.41) is 9.76. The van der Waals surface area contributed by atoms with Gasteiger partial charge in [0, 0.05) is 18.3 Å². The molecule has 1 aromatic heterocycles. The van der Waals surface area contributed by atoms with Crippen molar-refractivity contribution in [2.75, 3.05) is 11.9 Å². The van der Waals surface area contributed by atoms with Crippen molar-refractivity contribution in [2.24, 2.45) is 11.1 Å². The zero-order valence-electron chi connectivity index (χ0n) is 11.0. The predicted molar refractivity (Wildman–Crippen MR) is 71.1 cm³/mol. The monoisotopic (exact) mass is 250 g/mol. The first kappa shape index (κ1) is 13.1. The second-order valence-corrected chi connectivity index (χ2v) is 5.29. The van der Waals surface area contributed by atoms with Gasteiger partial charge >= 0.3 is 0 Å². The van der Waals surface area contributed by atoms with E-state index in [1.54, 1.807) is 0 Å². The van der Waals surface area contributed by atoms with Crippen LogP contribution in [0.4, 0.5) is 5.82 Å². The van der Waals surface area contributed by atoms with E-state index in [9.17, 15) is 4.79 Å². The lowest BCUT2D eigenvalue weighted by Crippen LogP contribution is -2.42. The fraction of sp³-hybridized carbons (Fsp3) is 0.692. The zero-order valence-corrected chi connectivity index (χ0v) is 11.0. The van der Waals surface area contributed by atoms with Crippen molar-refractivity contribution in [3.63, 3.8) is 0 Å². The molecule has 100 valence electrons. The molecular formula is C13H22N4O. The summed E-state index contributed by atoms with van der Waals surface area (Å²) in [5.41, 5.74) is 6.42. The number of aromatic amines is 1. The number of amides is 1. The van der Waals surface area contributed by atoms with E-state index >= 15 is 0 Å². The quantitative estimate of drug-likeness (QED) is 0.717. The number of anilines is 1. The Morgan fingerprint density at radius 3 is 2.61 bits per heavy atom. The summed E-state index contributed by atoms with van der Waals surface area (Å²) in [5.74, 6) is 0.618. The standard InChI is InChI=1S/C13H22N4O/c1-10-8-11(17-16-10)15-12(18)13(9-14)6-4-2-3-5-7-13/h8H,2-7,9,14H2,1H3,(H2,15,16,17,18). The van der Waals surface area contributed by atoms with Crippen LogP contribution in [0.1, 0.15) is 44.2 Å². The van der Waals surface area contributed by atoms with Crippen molar-refractivity contribution in [1.29, 1.82) is 0 Å². The molecule has 1 aromatic rings. The second-order valence-electron chi connectivity index (χ2n) is 5.29. The number of nitrogens with zero attached hydrogens (tertiary/aromatic N) is 1. The number of aromatic nitrogens is 2. The van der Waals surface area contributed by atoms with Gasteiger partial charge in [0.25, 0.3) is 0 Å². The number of hydrogen-bond acceptors (Lipinski definition) is 3. The number of nitrogens with two attached hydrogens (primary N) is 1. The van der Waals surface area contributed by atoms with Crippen molar-refractivity contribution in [3.8, 4) is 0 Å². The fourth-order valence-corrected chi connectivity index (χ4v) is 2.66. The lowest BCUT2D eigenvalue weighted by atomic mass is 9.79. The number of carbonyl (C=O) groups is 1. The highest BCUT2D eigenvalue weighted by atomic mass is 16.2. The van der Waals surface area contributed by atoms with Gasteiger partial charge in [-0.15, -0.1) is 0 Å². The molecule has 5 nitrogen and oxygen atoms in total. The molecule has 0 radical (unpaired) electrons. The summed E-state index contributed by atoms with van der Waals surface area (Å²) in [7, 11) is 0. The Morgan fingerprint density at radius 2 is 2.11 bits per heavy atom. The topological polar surface area (TPSA) is 83.8 Å². The SMILES string of the molecule is Cc1cc(NC(=O)C2(CN)CCCCCC2)n[nH]1. The van der Waals surface area contributed by atoms with Crippen molar-refractivity contribution in [3.05, 3.63) is 11.8 Å². The maximum Gasteiger partial charge on any atom is 0.233 e. The molecule has 0 aromatic carbocycles. The Hall–Kier alpha value is -1.36. The number of carbonyl (C=O) groups excluding carboxylic acids is 1. The first-order chi connectivity index (χ1) is 8.66. The average Bonchev–Trinajstić information content (AvgIpc) is 2.65. The summed E-state index contributed by atoms with van der Waals surface area (Å²) in [6, 6.07) is 1.83. The normalized spacial score (nSPS) is 19.2. The number of hydrogen-bond donors (Lipinski definition) is 3. The van der Waals surface area contributed by atoms with Gasteiger partial charge in [-0.25, -0.2) is 0 Å². The van der Waals surface area contributed by atoms with Crippen molar-refractivity contribution in [2.45, 2.75) is 45.4 Å². The number of nitrogens with one attached hydrogen (secondary N) is 2. The molecule has 0 bridgehead atoms. The van der Waals surface area contributed by atoms with Crippen LogP contribution < -0.4 is 11.1 Å².